The first kappa shape index (κ1) is 25.9. The molecule has 1 spiro atoms. The van der Waals surface area contributed by atoms with Gasteiger partial charge in [0.05, 0.1) is 5.41 Å². The van der Waals surface area contributed by atoms with E-state index in [1.807, 2.05) is 16.7 Å². The Morgan fingerprint density at radius 1 is 1.03 bits per heavy atom. The van der Waals surface area contributed by atoms with E-state index in [9.17, 15) is 14.4 Å². The van der Waals surface area contributed by atoms with E-state index in [0.717, 1.165) is 50.0 Å². The average Bonchev–Trinajstić information content (AvgIpc) is 3.61. The first-order valence-electron chi connectivity index (χ1n) is 14.4. The number of anilines is 1. The molecule has 0 radical (unpaired) electrons. The third-order valence-corrected chi connectivity index (χ3v) is 9.47. The lowest BCUT2D eigenvalue weighted by atomic mass is 9.76. The second kappa shape index (κ2) is 9.99. The first-order chi connectivity index (χ1) is 18.8. The van der Waals surface area contributed by atoms with Crippen LogP contribution in [0.1, 0.15) is 65.5 Å². The highest BCUT2D eigenvalue weighted by Gasteiger charge is 2.50. The van der Waals surface area contributed by atoms with Gasteiger partial charge in [0, 0.05) is 62.6 Å². The molecule has 0 N–H and O–H groups in total. The highest BCUT2D eigenvalue weighted by molar-refractivity contribution is 5.94. The highest BCUT2D eigenvalue weighted by atomic mass is 16.6. The summed E-state index contributed by atoms with van der Waals surface area (Å²) in [5.41, 5.74) is 5.91. The number of cyclic esters (lactones) is 1. The van der Waals surface area contributed by atoms with E-state index in [1.54, 1.807) is 4.68 Å². The number of hydrogen-bond acceptors (Lipinski definition) is 6. The van der Waals surface area contributed by atoms with Crippen LogP contribution in [-0.4, -0.2) is 82.7 Å². The summed E-state index contributed by atoms with van der Waals surface area (Å²) < 4.78 is 7.22. The Hall–Kier alpha value is -3.36. The molecule has 39 heavy (non-hydrogen) atoms. The summed E-state index contributed by atoms with van der Waals surface area (Å²) >= 11 is 0. The standard InChI is InChI=1S/C30H39N5O4/c1-20-6-4-8-24(22(20)3)32-14-16-33(17-15-32)26(36)19-35-25-9-5-7-23(25)27(31-35)28(37)34-12-10-30(11-13-34)18-21(2)39-29(30)38/h4,6,8,21H,5,7,9-19H2,1-3H3/t21-/m0/s1. The van der Waals surface area contributed by atoms with Crippen LogP contribution in [0, 0.1) is 19.3 Å². The van der Waals surface area contributed by atoms with Gasteiger partial charge >= 0.3 is 5.97 Å². The summed E-state index contributed by atoms with van der Waals surface area (Å²) in [4.78, 5) is 45.4. The molecule has 9 nitrogen and oxygen atoms in total. The van der Waals surface area contributed by atoms with Gasteiger partial charge in [0.2, 0.25) is 5.91 Å². The molecule has 3 saturated heterocycles. The molecule has 1 aliphatic carbocycles. The van der Waals surface area contributed by atoms with Gasteiger partial charge in [-0.15, -0.1) is 0 Å². The van der Waals surface area contributed by atoms with E-state index < -0.39 is 5.41 Å². The van der Waals surface area contributed by atoms with Crippen LogP contribution in [0.15, 0.2) is 18.2 Å². The summed E-state index contributed by atoms with van der Waals surface area (Å²) in [7, 11) is 0. The maximum atomic E-state index is 13.6. The van der Waals surface area contributed by atoms with Crippen molar-refractivity contribution < 1.29 is 19.1 Å². The van der Waals surface area contributed by atoms with Gasteiger partial charge in [-0.1, -0.05) is 12.1 Å². The van der Waals surface area contributed by atoms with Crippen LogP contribution in [0.5, 0.6) is 0 Å². The van der Waals surface area contributed by atoms with Crippen molar-refractivity contribution in [1.82, 2.24) is 19.6 Å². The van der Waals surface area contributed by atoms with Crippen LogP contribution in [0.25, 0.3) is 0 Å². The van der Waals surface area contributed by atoms with Gasteiger partial charge in [0.1, 0.15) is 12.6 Å². The number of piperidine rings is 1. The molecular weight excluding hydrogens is 494 g/mol. The van der Waals surface area contributed by atoms with Gasteiger partial charge in [-0.05, 0) is 70.1 Å². The molecule has 0 saturated carbocycles. The van der Waals surface area contributed by atoms with E-state index in [1.165, 1.54) is 16.8 Å². The summed E-state index contributed by atoms with van der Waals surface area (Å²) in [6.45, 7) is 10.4. The minimum absolute atomic E-state index is 0.0501. The second-order valence-electron chi connectivity index (χ2n) is 11.9. The molecule has 0 unspecified atom stereocenters. The number of nitrogens with zero attached hydrogens (tertiary/aromatic N) is 5. The van der Waals surface area contributed by atoms with Crippen molar-refractivity contribution in [3.63, 3.8) is 0 Å². The monoisotopic (exact) mass is 533 g/mol. The number of carbonyl (C=O) groups excluding carboxylic acids is 3. The number of ether oxygens (including phenoxy) is 1. The van der Waals surface area contributed by atoms with Crippen molar-refractivity contribution in [1.29, 1.82) is 0 Å². The number of likely N-dealkylation sites (tertiary alicyclic amines) is 1. The molecule has 3 fully saturated rings. The smallest absolute Gasteiger partial charge is 0.312 e. The number of piperazine rings is 1. The van der Waals surface area contributed by atoms with Crippen molar-refractivity contribution in [2.75, 3.05) is 44.2 Å². The van der Waals surface area contributed by atoms with Gasteiger partial charge in [0.15, 0.2) is 5.69 Å². The fraction of sp³-hybridized carbons (Fsp3) is 0.600. The molecule has 1 aromatic carbocycles. The summed E-state index contributed by atoms with van der Waals surface area (Å²) in [6, 6.07) is 6.39. The quantitative estimate of drug-likeness (QED) is 0.562. The van der Waals surface area contributed by atoms with Crippen LogP contribution in [0.2, 0.25) is 0 Å². The molecule has 1 aromatic heterocycles. The maximum Gasteiger partial charge on any atom is 0.312 e. The van der Waals surface area contributed by atoms with E-state index in [-0.39, 0.29) is 30.4 Å². The fourth-order valence-corrected chi connectivity index (χ4v) is 6.99. The van der Waals surface area contributed by atoms with Crippen LogP contribution in [-0.2, 0) is 33.7 Å². The largest absolute Gasteiger partial charge is 0.462 e. The van der Waals surface area contributed by atoms with Gasteiger partial charge in [-0.3, -0.25) is 19.1 Å². The third kappa shape index (κ3) is 4.59. The minimum Gasteiger partial charge on any atom is -0.462 e. The molecule has 208 valence electrons. The molecule has 2 amide bonds. The minimum atomic E-state index is -0.439. The number of benzene rings is 1. The summed E-state index contributed by atoms with van der Waals surface area (Å²) in [5, 5.41) is 4.72. The SMILES string of the molecule is Cc1cccc(N2CCN(C(=O)Cn3nc(C(=O)N4CCC5(CC4)C[C@H](C)OC5=O)c4c3CCC4)CC2)c1C. The number of amides is 2. The van der Waals surface area contributed by atoms with Gasteiger partial charge < -0.3 is 19.4 Å². The second-order valence-corrected chi connectivity index (χ2v) is 11.9. The number of esters is 1. The van der Waals surface area contributed by atoms with Crippen molar-refractivity contribution >= 4 is 23.5 Å². The Kier molecular flexibility index (Phi) is 6.63. The van der Waals surface area contributed by atoms with Gasteiger partial charge in [0.25, 0.3) is 5.91 Å². The van der Waals surface area contributed by atoms with Gasteiger partial charge in [-0.2, -0.15) is 5.10 Å². The Bertz CT molecular complexity index is 1300. The maximum absolute atomic E-state index is 13.6. The number of aromatic nitrogens is 2. The lowest BCUT2D eigenvalue weighted by molar-refractivity contribution is -0.150. The molecular formula is C30H39N5O4. The Balaban J connectivity index is 1.10. The molecule has 0 bridgehead atoms. The van der Waals surface area contributed by atoms with E-state index in [0.29, 0.717) is 44.7 Å². The molecule has 2 aromatic rings. The van der Waals surface area contributed by atoms with E-state index in [2.05, 4.69) is 36.9 Å². The number of carbonyl (C=O) groups is 3. The fourth-order valence-electron chi connectivity index (χ4n) is 6.99. The van der Waals surface area contributed by atoms with E-state index in [4.69, 9.17) is 9.84 Å². The molecule has 6 rings (SSSR count). The topological polar surface area (TPSA) is 88.0 Å². The summed E-state index contributed by atoms with van der Waals surface area (Å²) in [5.74, 6) is -0.128. The molecule has 9 heteroatoms. The van der Waals surface area contributed by atoms with Crippen molar-refractivity contribution in [3.8, 4) is 0 Å². The molecule has 4 heterocycles. The summed E-state index contributed by atoms with van der Waals surface area (Å²) in [6.07, 6.45) is 4.60. The zero-order valence-electron chi connectivity index (χ0n) is 23.4. The van der Waals surface area contributed by atoms with Gasteiger partial charge in [-0.25, -0.2) is 0 Å². The van der Waals surface area contributed by atoms with Crippen LogP contribution < -0.4 is 4.90 Å². The molecule has 1 atom stereocenters. The van der Waals surface area contributed by atoms with Crippen LogP contribution in [0.4, 0.5) is 5.69 Å². The van der Waals surface area contributed by atoms with Crippen molar-refractivity contribution in [2.45, 2.75) is 71.9 Å². The molecule has 3 aliphatic heterocycles. The Morgan fingerprint density at radius 2 is 1.77 bits per heavy atom. The Labute approximate surface area is 230 Å². The number of rotatable bonds is 4. The zero-order chi connectivity index (χ0) is 27.3. The predicted octanol–water partition coefficient (Wildman–Crippen LogP) is 2.90. The number of hydrogen-bond donors (Lipinski definition) is 0. The normalized spacial score (nSPS) is 22.4. The lowest BCUT2D eigenvalue weighted by Crippen LogP contribution is -2.50. The van der Waals surface area contributed by atoms with Crippen molar-refractivity contribution in [3.05, 3.63) is 46.3 Å². The first-order valence-corrected chi connectivity index (χ1v) is 14.4. The van der Waals surface area contributed by atoms with E-state index >= 15 is 0 Å². The predicted molar refractivity (Wildman–Crippen MR) is 147 cm³/mol. The zero-order valence-corrected chi connectivity index (χ0v) is 23.4. The average molecular weight is 534 g/mol. The number of fused-ring (bicyclic) bond motifs is 1. The van der Waals surface area contributed by atoms with Crippen LogP contribution >= 0.6 is 0 Å². The highest BCUT2D eigenvalue weighted by Crippen LogP contribution is 2.43. The van der Waals surface area contributed by atoms with Crippen LogP contribution in [0.3, 0.4) is 0 Å². The third-order valence-electron chi connectivity index (χ3n) is 9.47. The lowest BCUT2D eigenvalue weighted by Gasteiger charge is -2.37. The number of aryl methyl sites for hydroxylation is 1. The molecule has 4 aliphatic rings. The Morgan fingerprint density at radius 3 is 2.46 bits per heavy atom. The van der Waals surface area contributed by atoms with Crippen molar-refractivity contribution in [2.24, 2.45) is 5.41 Å².